The SMILES string of the molecule is Cc1c(N)cccc1C(=O)NC(CC(=O)O)C1CC1. The van der Waals surface area contributed by atoms with Gasteiger partial charge in [-0.1, -0.05) is 6.07 Å². The second-order valence-electron chi connectivity index (χ2n) is 5.04. The molecule has 0 radical (unpaired) electrons. The molecule has 0 saturated heterocycles. The Kier molecular flexibility index (Phi) is 3.74. The van der Waals surface area contributed by atoms with Crippen LogP contribution in [-0.4, -0.2) is 23.0 Å². The molecule has 2 rings (SSSR count). The van der Waals surface area contributed by atoms with E-state index in [9.17, 15) is 9.59 Å². The highest BCUT2D eigenvalue weighted by Crippen LogP contribution is 2.34. The first-order chi connectivity index (χ1) is 8.99. The van der Waals surface area contributed by atoms with Crippen LogP contribution in [0.5, 0.6) is 0 Å². The second-order valence-corrected chi connectivity index (χ2v) is 5.04. The predicted molar refractivity (Wildman–Crippen MR) is 71.8 cm³/mol. The van der Waals surface area contributed by atoms with Crippen LogP contribution in [0.15, 0.2) is 18.2 Å². The number of aliphatic carboxylic acids is 1. The van der Waals surface area contributed by atoms with Crippen LogP contribution in [0, 0.1) is 12.8 Å². The van der Waals surface area contributed by atoms with Gasteiger partial charge in [0.2, 0.25) is 0 Å². The van der Waals surface area contributed by atoms with Crippen molar-refractivity contribution in [3.63, 3.8) is 0 Å². The highest BCUT2D eigenvalue weighted by Gasteiger charge is 2.34. The molecule has 1 fully saturated rings. The Labute approximate surface area is 111 Å². The third-order valence-electron chi connectivity index (χ3n) is 3.52. The Morgan fingerprint density at radius 2 is 2.16 bits per heavy atom. The van der Waals surface area contributed by atoms with Crippen molar-refractivity contribution in [2.24, 2.45) is 5.92 Å². The molecule has 0 heterocycles. The predicted octanol–water partition coefficient (Wildman–Crippen LogP) is 1.56. The lowest BCUT2D eigenvalue weighted by molar-refractivity contribution is -0.137. The summed E-state index contributed by atoms with van der Waals surface area (Å²) in [5, 5.41) is 11.7. The van der Waals surface area contributed by atoms with Crippen molar-refractivity contribution in [1.29, 1.82) is 0 Å². The van der Waals surface area contributed by atoms with Crippen molar-refractivity contribution in [3.05, 3.63) is 29.3 Å². The average molecular weight is 262 g/mol. The largest absolute Gasteiger partial charge is 0.481 e. The van der Waals surface area contributed by atoms with Crippen LogP contribution in [0.3, 0.4) is 0 Å². The summed E-state index contributed by atoms with van der Waals surface area (Å²) in [6.07, 6.45) is 1.93. The summed E-state index contributed by atoms with van der Waals surface area (Å²) >= 11 is 0. The van der Waals surface area contributed by atoms with E-state index in [2.05, 4.69) is 5.32 Å². The van der Waals surface area contributed by atoms with Gasteiger partial charge in [0.1, 0.15) is 0 Å². The van der Waals surface area contributed by atoms with Gasteiger partial charge in [0.15, 0.2) is 0 Å². The first kappa shape index (κ1) is 13.4. The normalized spacial score (nSPS) is 15.8. The van der Waals surface area contributed by atoms with Crippen LogP contribution in [0.2, 0.25) is 0 Å². The van der Waals surface area contributed by atoms with E-state index in [4.69, 9.17) is 10.8 Å². The minimum atomic E-state index is -0.888. The van der Waals surface area contributed by atoms with Gasteiger partial charge >= 0.3 is 5.97 Å². The Morgan fingerprint density at radius 3 is 2.74 bits per heavy atom. The number of carboxylic acid groups (broad SMARTS) is 1. The number of carboxylic acids is 1. The molecule has 1 aromatic carbocycles. The van der Waals surface area contributed by atoms with E-state index in [1.54, 1.807) is 25.1 Å². The molecule has 102 valence electrons. The topological polar surface area (TPSA) is 92.4 Å². The van der Waals surface area contributed by atoms with E-state index in [1.807, 2.05) is 0 Å². The molecule has 5 heteroatoms. The molecule has 1 aromatic rings. The number of amides is 1. The van der Waals surface area contributed by atoms with Crippen molar-refractivity contribution in [1.82, 2.24) is 5.32 Å². The van der Waals surface area contributed by atoms with Gasteiger partial charge in [0.05, 0.1) is 6.42 Å². The van der Waals surface area contributed by atoms with E-state index in [-0.39, 0.29) is 18.4 Å². The maximum absolute atomic E-state index is 12.2. The first-order valence-corrected chi connectivity index (χ1v) is 6.36. The molecule has 5 nitrogen and oxygen atoms in total. The number of nitrogens with two attached hydrogens (primary N) is 1. The summed E-state index contributed by atoms with van der Waals surface area (Å²) in [5.41, 5.74) is 7.57. The zero-order chi connectivity index (χ0) is 14.0. The molecular formula is C14H18N2O3. The van der Waals surface area contributed by atoms with Crippen LogP contribution in [0.1, 0.15) is 35.2 Å². The van der Waals surface area contributed by atoms with Crippen molar-refractivity contribution < 1.29 is 14.7 Å². The van der Waals surface area contributed by atoms with E-state index >= 15 is 0 Å². The van der Waals surface area contributed by atoms with Gasteiger partial charge in [0, 0.05) is 17.3 Å². The summed E-state index contributed by atoms with van der Waals surface area (Å²) in [4.78, 5) is 23.0. The van der Waals surface area contributed by atoms with E-state index in [0.29, 0.717) is 17.2 Å². The highest BCUT2D eigenvalue weighted by atomic mass is 16.4. The molecule has 1 atom stereocenters. The number of nitrogens with one attached hydrogen (secondary N) is 1. The summed E-state index contributed by atoms with van der Waals surface area (Å²) in [6.45, 7) is 1.79. The fourth-order valence-corrected chi connectivity index (χ4v) is 2.17. The zero-order valence-corrected chi connectivity index (χ0v) is 10.8. The summed E-state index contributed by atoms with van der Waals surface area (Å²) < 4.78 is 0. The molecule has 1 saturated carbocycles. The average Bonchev–Trinajstić information content (AvgIpc) is 3.15. The van der Waals surface area contributed by atoms with E-state index < -0.39 is 5.97 Å². The lowest BCUT2D eigenvalue weighted by Gasteiger charge is -2.17. The molecule has 4 N–H and O–H groups in total. The molecular weight excluding hydrogens is 244 g/mol. The van der Waals surface area contributed by atoms with Crippen LogP contribution < -0.4 is 11.1 Å². The summed E-state index contributed by atoms with van der Waals surface area (Å²) in [7, 11) is 0. The maximum atomic E-state index is 12.2. The minimum Gasteiger partial charge on any atom is -0.481 e. The first-order valence-electron chi connectivity index (χ1n) is 6.36. The van der Waals surface area contributed by atoms with E-state index in [0.717, 1.165) is 18.4 Å². The minimum absolute atomic E-state index is 0.0300. The standard InChI is InChI=1S/C14H18N2O3/c1-8-10(3-2-4-11(8)15)14(19)16-12(7-13(17)18)9-5-6-9/h2-4,9,12H,5-7,15H2,1H3,(H,16,19)(H,17,18). The molecule has 1 unspecified atom stereocenters. The van der Waals surface area contributed by atoms with Crippen LogP contribution in [0.4, 0.5) is 5.69 Å². The number of carbonyl (C=O) groups is 2. The fourth-order valence-electron chi connectivity index (χ4n) is 2.17. The van der Waals surface area contributed by atoms with Crippen molar-refractivity contribution in [2.45, 2.75) is 32.2 Å². The Hall–Kier alpha value is -2.04. The third kappa shape index (κ3) is 3.24. The molecule has 1 aliphatic carbocycles. The van der Waals surface area contributed by atoms with Crippen LogP contribution in [-0.2, 0) is 4.79 Å². The third-order valence-corrected chi connectivity index (χ3v) is 3.52. The lowest BCUT2D eigenvalue weighted by atomic mass is 10.0. The van der Waals surface area contributed by atoms with Gasteiger partial charge in [0.25, 0.3) is 5.91 Å². The fraction of sp³-hybridized carbons (Fsp3) is 0.429. The molecule has 1 amide bonds. The zero-order valence-electron chi connectivity index (χ0n) is 10.8. The molecule has 0 spiro atoms. The second kappa shape index (κ2) is 5.30. The van der Waals surface area contributed by atoms with Gasteiger partial charge in [-0.25, -0.2) is 0 Å². The number of benzene rings is 1. The number of nitrogen functional groups attached to an aromatic ring is 1. The number of hydrogen-bond acceptors (Lipinski definition) is 3. The summed E-state index contributed by atoms with van der Waals surface area (Å²) in [5.74, 6) is -0.842. The van der Waals surface area contributed by atoms with Gasteiger partial charge in [-0.15, -0.1) is 0 Å². The van der Waals surface area contributed by atoms with Crippen molar-refractivity contribution in [2.75, 3.05) is 5.73 Å². The molecule has 19 heavy (non-hydrogen) atoms. The monoisotopic (exact) mass is 262 g/mol. The summed E-state index contributed by atoms with van der Waals surface area (Å²) in [6, 6.07) is 4.87. The van der Waals surface area contributed by atoms with Gasteiger partial charge < -0.3 is 16.2 Å². The molecule has 0 aromatic heterocycles. The number of rotatable bonds is 5. The number of hydrogen-bond donors (Lipinski definition) is 3. The van der Waals surface area contributed by atoms with Crippen molar-refractivity contribution >= 4 is 17.6 Å². The number of carbonyl (C=O) groups excluding carboxylic acids is 1. The smallest absolute Gasteiger partial charge is 0.305 e. The van der Waals surface area contributed by atoms with E-state index in [1.165, 1.54) is 0 Å². The maximum Gasteiger partial charge on any atom is 0.305 e. The molecule has 0 bridgehead atoms. The Morgan fingerprint density at radius 1 is 1.47 bits per heavy atom. The molecule has 1 aliphatic rings. The van der Waals surface area contributed by atoms with Crippen LogP contribution in [0.25, 0.3) is 0 Å². The Balaban J connectivity index is 2.10. The molecule has 0 aliphatic heterocycles. The highest BCUT2D eigenvalue weighted by molar-refractivity contribution is 5.97. The van der Waals surface area contributed by atoms with Crippen LogP contribution >= 0.6 is 0 Å². The van der Waals surface area contributed by atoms with Gasteiger partial charge in [-0.3, -0.25) is 9.59 Å². The van der Waals surface area contributed by atoms with Gasteiger partial charge in [-0.05, 0) is 43.4 Å². The van der Waals surface area contributed by atoms with Crippen molar-refractivity contribution in [3.8, 4) is 0 Å². The van der Waals surface area contributed by atoms with Gasteiger partial charge in [-0.2, -0.15) is 0 Å². The Bertz CT molecular complexity index is 509. The number of anilines is 1. The quantitative estimate of drug-likeness (QED) is 0.702. The lowest BCUT2D eigenvalue weighted by Crippen LogP contribution is -2.38.